The zero-order valence-electron chi connectivity index (χ0n) is 12.4. The molecule has 0 unspecified atom stereocenters. The Labute approximate surface area is 129 Å². The Bertz CT molecular complexity index is 791. The Morgan fingerprint density at radius 2 is 2.14 bits per heavy atom. The monoisotopic (exact) mass is 319 g/mol. The fourth-order valence-corrected chi connectivity index (χ4v) is 3.64. The number of nitrogens with zero attached hydrogens (tertiary/aromatic N) is 2. The zero-order chi connectivity index (χ0) is 15.7. The number of nitrogens with one attached hydrogen (secondary N) is 1. The quantitative estimate of drug-likeness (QED) is 0.937. The van der Waals surface area contributed by atoms with Crippen LogP contribution in [0.4, 0.5) is 11.5 Å². The van der Waals surface area contributed by atoms with Gasteiger partial charge in [-0.05, 0) is 30.7 Å². The summed E-state index contributed by atoms with van der Waals surface area (Å²) in [6.07, 6.45) is 1.54. The lowest BCUT2D eigenvalue weighted by Gasteiger charge is -2.28. The highest BCUT2D eigenvalue weighted by molar-refractivity contribution is 7.92. The van der Waals surface area contributed by atoms with Crippen LogP contribution in [0.15, 0.2) is 41.4 Å². The van der Waals surface area contributed by atoms with Gasteiger partial charge in [0.05, 0.1) is 17.1 Å². The maximum absolute atomic E-state index is 12.6. The summed E-state index contributed by atoms with van der Waals surface area (Å²) in [6, 6.07) is 8.47. The van der Waals surface area contributed by atoms with Crippen molar-refractivity contribution in [2.45, 2.75) is 11.8 Å². The van der Waals surface area contributed by atoms with E-state index < -0.39 is 10.0 Å². The van der Waals surface area contributed by atoms with Crippen LogP contribution in [0, 0.1) is 6.92 Å². The van der Waals surface area contributed by atoms with Crippen LogP contribution >= 0.6 is 0 Å². The second-order valence-electron chi connectivity index (χ2n) is 5.18. The first kappa shape index (κ1) is 14.6. The fraction of sp³-hybridized carbons (Fsp3) is 0.267. The highest BCUT2D eigenvalue weighted by Crippen LogP contribution is 2.35. The number of fused-ring (bicyclic) bond motifs is 1. The molecular weight excluding hydrogens is 302 g/mol. The van der Waals surface area contributed by atoms with E-state index in [1.807, 2.05) is 13.1 Å². The second-order valence-corrected chi connectivity index (χ2v) is 6.83. The van der Waals surface area contributed by atoms with Crippen LogP contribution < -0.4 is 14.4 Å². The van der Waals surface area contributed by atoms with Crippen LogP contribution in [-0.4, -0.2) is 33.6 Å². The van der Waals surface area contributed by atoms with E-state index in [1.165, 1.54) is 6.20 Å². The third kappa shape index (κ3) is 2.71. The van der Waals surface area contributed by atoms with Crippen LogP contribution in [0.25, 0.3) is 0 Å². The van der Waals surface area contributed by atoms with Gasteiger partial charge in [0, 0.05) is 19.3 Å². The molecule has 3 rings (SSSR count). The maximum atomic E-state index is 12.6. The summed E-state index contributed by atoms with van der Waals surface area (Å²) in [7, 11) is -1.75. The third-order valence-electron chi connectivity index (χ3n) is 3.55. The first-order valence-corrected chi connectivity index (χ1v) is 8.38. The molecule has 1 N–H and O–H groups in total. The Morgan fingerprint density at radius 3 is 2.86 bits per heavy atom. The van der Waals surface area contributed by atoms with Crippen molar-refractivity contribution < 1.29 is 13.2 Å². The predicted molar refractivity (Wildman–Crippen MR) is 85.0 cm³/mol. The van der Waals surface area contributed by atoms with Crippen LogP contribution in [-0.2, 0) is 10.0 Å². The molecule has 6 nitrogen and oxygen atoms in total. The predicted octanol–water partition coefficient (Wildman–Crippen LogP) is 2.02. The number of aryl methyl sites for hydroxylation is 1. The number of pyridine rings is 1. The summed E-state index contributed by atoms with van der Waals surface area (Å²) in [5.41, 5.74) is 1.57. The molecule has 0 spiro atoms. The SMILES string of the molecule is Cc1cc2c(cc1S(=O)(=O)Nc1ccccn1)OCCN2C. The number of aromatic nitrogens is 1. The molecule has 0 atom stereocenters. The first-order valence-electron chi connectivity index (χ1n) is 6.90. The van der Waals surface area contributed by atoms with E-state index in [0.29, 0.717) is 17.9 Å². The van der Waals surface area contributed by atoms with Crippen LogP contribution in [0.3, 0.4) is 0 Å². The summed E-state index contributed by atoms with van der Waals surface area (Å²) >= 11 is 0. The first-order chi connectivity index (χ1) is 10.5. The second kappa shape index (κ2) is 5.49. The van der Waals surface area contributed by atoms with Crippen molar-refractivity contribution in [3.05, 3.63) is 42.1 Å². The molecule has 0 fully saturated rings. The van der Waals surface area contributed by atoms with Crippen LogP contribution in [0.1, 0.15) is 5.56 Å². The molecule has 2 heterocycles. The van der Waals surface area contributed by atoms with Gasteiger partial charge in [0.1, 0.15) is 18.2 Å². The molecule has 1 aliphatic rings. The molecule has 0 aliphatic carbocycles. The molecule has 0 amide bonds. The number of hydrogen-bond acceptors (Lipinski definition) is 5. The third-order valence-corrected chi connectivity index (χ3v) is 5.04. The number of benzene rings is 1. The van der Waals surface area contributed by atoms with Crippen LogP contribution in [0.5, 0.6) is 5.75 Å². The minimum Gasteiger partial charge on any atom is -0.490 e. The summed E-state index contributed by atoms with van der Waals surface area (Å²) in [5.74, 6) is 0.874. The van der Waals surface area contributed by atoms with Crippen molar-refractivity contribution in [1.82, 2.24) is 4.98 Å². The van der Waals surface area contributed by atoms with E-state index >= 15 is 0 Å². The smallest absolute Gasteiger partial charge is 0.263 e. The maximum Gasteiger partial charge on any atom is 0.263 e. The molecule has 0 saturated carbocycles. The van der Waals surface area contributed by atoms with E-state index in [9.17, 15) is 8.42 Å². The van der Waals surface area contributed by atoms with E-state index in [0.717, 1.165) is 12.2 Å². The Morgan fingerprint density at radius 1 is 1.32 bits per heavy atom. The lowest BCUT2D eigenvalue weighted by Crippen LogP contribution is -2.29. The van der Waals surface area contributed by atoms with E-state index in [4.69, 9.17) is 4.74 Å². The number of rotatable bonds is 3. The molecule has 22 heavy (non-hydrogen) atoms. The molecule has 1 aromatic heterocycles. The Hall–Kier alpha value is -2.28. The number of ether oxygens (including phenoxy) is 1. The van der Waals surface area contributed by atoms with Gasteiger partial charge in [0.25, 0.3) is 10.0 Å². The summed E-state index contributed by atoms with van der Waals surface area (Å²) in [5, 5.41) is 0. The molecule has 0 radical (unpaired) electrons. The number of hydrogen-bond donors (Lipinski definition) is 1. The largest absolute Gasteiger partial charge is 0.490 e. The lowest BCUT2D eigenvalue weighted by molar-refractivity contribution is 0.310. The van der Waals surface area contributed by atoms with Gasteiger partial charge in [-0.3, -0.25) is 4.72 Å². The van der Waals surface area contributed by atoms with Crippen molar-refractivity contribution in [1.29, 1.82) is 0 Å². The Kier molecular flexibility index (Phi) is 3.66. The average Bonchev–Trinajstić information content (AvgIpc) is 2.48. The lowest BCUT2D eigenvalue weighted by atomic mass is 10.2. The van der Waals surface area contributed by atoms with Gasteiger partial charge < -0.3 is 9.64 Å². The van der Waals surface area contributed by atoms with Crippen molar-refractivity contribution in [3.63, 3.8) is 0 Å². The molecular formula is C15H17N3O3S. The number of anilines is 2. The van der Waals surface area contributed by atoms with E-state index in [-0.39, 0.29) is 10.7 Å². The molecule has 1 aliphatic heterocycles. The minimum absolute atomic E-state index is 0.201. The summed E-state index contributed by atoms with van der Waals surface area (Å²) in [6.45, 7) is 3.10. The number of sulfonamides is 1. The van der Waals surface area contributed by atoms with Crippen molar-refractivity contribution >= 4 is 21.5 Å². The molecule has 0 saturated heterocycles. The van der Waals surface area contributed by atoms with E-state index in [1.54, 1.807) is 31.2 Å². The molecule has 116 valence electrons. The van der Waals surface area contributed by atoms with Crippen molar-refractivity contribution in [2.75, 3.05) is 29.8 Å². The van der Waals surface area contributed by atoms with Gasteiger partial charge in [0.15, 0.2) is 0 Å². The molecule has 2 aromatic rings. The minimum atomic E-state index is -3.71. The normalized spacial score (nSPS) is 14.2. The van der Waals surface area contributed by atoms with Crippen molar-refractivity contribution in [2.24, 2.45) is 0 Å². The van der Waals surface area contributed by atoms with Crippen molar-refractivity contribution in [3.8, 4) is 5.75 Å². The fourth-order valence-electron chi connectivity index (χ4n) is 2.39. The molecule has 7 heteroatoms. The van der Waals surface area contributed by atoms with Gasteiger partial charge >= 0.3 is 0 Å². The summed E-state index contributed by atoms with van der Waals surface area (Å²) in [4.78, 5) is 6.24. The molecule has 0 bridgehead atoms. The van der Waals surface area contributed by atoms with Gasteiger partial charge in [0.2, 0.25) is 0 Å². The zero-order valence-corrected chi connectivity index (χ0v) is 13.2. The van der Waals surface area contributed by atoms with Gasteiger partial charge in [-0.1, -0.05) is 6.07 Å². The van der Waals surface area contributed by atoms with E-state index in [2.05, 4.69) is 14.6 Å². The van der Waals surface area contributed by atoms with Crippen LogP contribution in [0.2, 0.25) is 0 Å². The standard InChI is InChI=1S/C15H17N3O3S/c1-11-9-12-13(21-8-7-18(12)2)10-14(11)22(19,20)17-15-5-3-4-6-16-15/h3-6,9-10H,7-8H2,1-2H3,(H,16,17). The number of likely N-dealkylation sites (N-methyl/N-ethyl adjacent to an activating group) is 1. The topological polar surface area (TPSA) is 71.5 Å². The van der Waals surface area contributed by atoms with Gasteiger partial charge in [-0.2, -0.15) is 0 Å². The van der Waals surface area contributed by atoms with Gasteiger partial charge in [-0.25, -0.2) is 13.4 Å². The summed E-state index contributed by atoms with van der Waals surface area (Å²) < 4.78 is 33.2. The molecule has 1 aromatic carbocycles. The highest BCUT2D eigenvalue weighted by Gasteiger charge is 2.23. The Balaban J connectivity index is 2.01. The average molecular weight is 319 g/mol. The highest BCUT2D eigenvalue weighted by atomic mass is 32.2. The van der Waals surface area contributed by atoms with Gasteiger partial charge in [-0.15, -0.1) is 0 Å².